The number of benzene rings is 1. The summed E-state index contributed by atoms with van der Waals surface area (Å²) in [5, 5.41) is 0. The van der Waals surface area contributed by atoms with Gasteiger partial charge in [-0.2, -0.15) is 0 Å². The summed E-state index contributed by atoms with van der Waals surface area (Å²) in [6, 6.07) is 11.9. The number of rotatable bonds is 3. The molecule has 21 heavy (non-hydrogen) atoms. The van der Waals surface area contributed by atoms with E-state index in [9.17, 15) is 0 Å². The normalized spacial score (nSPS) is 39.8. The Labute approximate surface area is 128 Å². The van der Waals surface area contributed by atoms with E-state index in [1.807, 2.05) is 0 Å². The molecule has 2 aliphatic carbocycles. The second-order valence-electron chi connectivity index (χ2n) is 7.60. The number of fused-ring (bicyclic) bond motifs is 2. The van der Waals surface area contributed by atoms with Crippen molar-refractivity contribution in [2.24, 2.45) is 11.7 Å². The summed E-state index contributed by atoms with van der Waals surface area (Å²) in [6.07, 6.45) is 9.57. The van der Waals surface area contributed by atoms with Gasteiger partial charge in [-0.1, -0.05) is 30.3 Å². The van der Waals surface area contributed by atoms with E-state index >= 15 is 0 Å². The lowest BCUT2D eigenvalue weighted by molar-refractivity contribution is 0.0256. The highest BCUT2D eigenvalue weighted by atomic mass is 15.3. The third kappa shape index (κ3) is 2.33. The van der Waals surface area contributed by atoms with E-state index in [1.54, 1.807) is 0 Å². The molecule has 2 saturated carbocycles. The molecule has 2 nitrogen and oxygen atoms in total. The van der Waals surface area contributed by atoms with Crippen molar-refractivity contribution in [2.75, 3.05) is 13.1 Å². The molecule has 4 rings (SSSR count). The molecule has 3 aliphatic rings. The van der Waals surface area contributed by atoms with E-state index < -0.39 is 0 Å². The lowest BCUT2D eigenvalue weighted by Crippen LogP contribution is -2.58. The van der Waals surface area contributed by atoms with E-state index in [-0.39, 0.29) is 0 Å². The Morgan fingerprint density at radius 1 is 1.05 bits per heavy atom. The van der Waals surface area contributed by atoms with Crippen LogP contribution in [0.5, 0.6) is 0 Å². The number of piperidine rings is 1. The molecule has 1 aliphatic heterocycles. The Morgan fingerprint density at radius 2 is 1.81 bits per heavy atom. The zero-order chi connectivity index (χ0) is 14.3. The molecule has 114 valence electrons. The Morgan fingerprint density at radius 3 is 2.38 bits per heavy atom. The van der Waals surface area contributed by atoms with Crippen LogP contribution in [-0.2, 0) is 0 Å². The van der Waals surface area contributed by atoms with E-state index in [1.165, 1.54) is 57.1 Å². The molecule has 1 aromatic rings. The molecule has 1 heterocycles. The molecule has 0 spiro atoms. The van der Waals surface area contributed by atoms with Gasteiger partial charge in [0.25, 0.3) is 0 Å². The van der Waals surface area contributed by atoms with Gasteiger partial charge in [0, 0.05) is 24.7 Å². The maximum absolute atomic E-state index is 6.29. The predicted molar refractivity (Wildman–Crippen MR) is 87.3 cm³/mol. The van der Waals surface area contributed by atoms with Crippen molar-refractivity contribution in [2.45, 2.75) is 62.4 Å². The number of likely N-dealkylation sites (tertiary alicyclic amines) is 1. The van der Waals surface area contributed by atoms with Gasteiger partial charge in [-0.05, 0) is 62.3 Å². The Hall–Kier alpha value is -0.860. The fraction of sp³-hybridized carbons (Fsp3) is 0.684. The Balaban J connectivity index is 1.47. The summed E-state index contributed by atoms with van der Waals surface area (Å²) in [4.78, 5) is 2.84. The van der Waals surface area contributed by atoms with Gasteiger partial charge in [-0.3, -0.25) is 4.90 Å². The number of nitrogens with zero attached hydrogens (tertiary/aromatic N) is 1. The second kappa shape index (κ2) is 5.40. The lowest BCUT2D eigenvalue weighted by atomic mass is 9.72. The number of hydrogen-bond acceptors (Lipinski definition) is 2. The van der Waals surface area contributed by atoms with Gasteiger partial charge in [-0.25, -0.2) is 0 Å². The molecule has 0 radical (unpaired) electrons. The molecule has 2 heteroatoms. The highest BCUT2D eigenvalue weighted by Crippen LogP contribution is 2.47. The average molecular weight is 284 g/mol. The van der Waals surface area contributed by atoms with Gasteiger partial charge in [0.05, 0.1) is 0 Å². The summed E-state index contributed by atoms with van der Waals surface area (Å²) in [7, 11) is 0. The largest absolute Gasteiger partial charge is 0.329 e. The number of nitrogens with two attached hydrogens (primary N) is 1. The summed E-state index contributed by atoms with van der Waals surface area (Å²) in [6.45, 7) is 2.19. The topological polar surface area (TPSA) is 29.3 Å². The summed E-state index contributed by atoms with van der Waals surface area (Å²) >= 11 is 0. The summed E-state index contributed by atoms with van der Waals surface area (Å²) in [5.41, 5.74) is 8.15. The monoisotopic (exact) mass is 284 g/mol. The minimum Gasteiger partial charge on any atom is -0.329 e. The molecule has 0 aromatic heterocycles. The van der Waals surface area contributed by atoms with Crippen molar-refractivity contribution in [1.29, 1.82) is 0 Å². The van der Waals surface area contributed by atoms with Crippen LogP contribution in [-0.4, -0.2) is 29.6 Å². The Kier molecular flexibility index (Phi) is 3.55. The molecular weight excluding hydrogens is 256 g/mol. The van der Waals surface area contributed by atoms with Gasteiger partial charge in [0.1, 0.15) is 0 Å². The van der Waals surface area contributed by atoms with Crippen molar-refractivity contribution in [1.82, 2.24) is 4.90 Å². The first kappa shape index (κ1) is 13.8. The fourth-order valence-electron chi connectivity index (χ4n) is 5.33. The molecule has 0 amide bonds. The van der Waals surface area contributed by atoms with Crippen molar-refractivity contribution in [3.8, 4) is 0 Å². The van der Waals surface area contributed by atoms with Crippen LogP contribution in [0.4, 0.5) is 0 Å². The minimum atomic E-state index is 0.325. The second-order valence-corrected chi connectivity index (χ2v) is 7.60. The van der Waals surface area contributed by atoms with Crippen LogP contribution in [0.1, 0.15) is 56.4 Å². The first-order valence-corrected chi connectivity index (χ1v) is 8.82. The summed E-state index contributed by atoms with van der Waals surface area (Å²) in [5.74, 6) is 1.73. The van der Waals surface area contributed by atoms with Crippen LogP contribution in [0.25, 0.3) is 0 Å². The lowest BCUT2D eigenvalue weighted by Gasteiger charge is -2.49. The number of hydrogen-bond donors (Lipinski definition) is 1. The zero-order valence-corrected chi connectivity index (χ0v) is 13.0. The first-order valence-electron chi connectivity index (χ1n) is 8.82. The fourth-order valence-corrected chi connectivity index (χ4v) is 5.33. The van der Waals surface area contributed by atoms with Gasteiger partial charge in [0.2, 0.25) is 0 Å². The van der Waals surface area contributed by atoms with E-state index in [0.717, 1.165) is 24.4 Å². The zero-order valence-electron chi connectivity index (χ0n) is 13.0. The van der Waals surface area contributed by atoms with Crippen molar-refractivity contribution >= 4 is 0 Å². The maximum Gasteiger partial charge on any atom is 0.0335 e. The molecule has 1 aromatic carbocycles. The van der Waals surface area contributed by atoms with Gasteiger partial charge >= 0.3 is 0 Å². The van der Waals surface area contributed by atoms with Crippen LogP contribution in [0.2, 0.25) is 0 Å². The van der Waals surface area contributed by atoms with Crippen LogP contribution >= 0.6 is 0 Å². The van der Waals surface area contributed by atoms with Crippen LogP contribution < -0.4 is 5.73 Å². The average Bonchev–Trinajstić information content (AvgIpc) is 3.19. The van der Waals surface area contributed by atoms with E-state index in [2.05, 4.69) is 35.2 Å². The standard InChI is InChI=1S/C19H28N2/c20-14-19(21-13-15-6-7-18(21)12-15)10-8-17(9-11-19)16-4-2-1-3-5-16/h1-5,15,17-18H,6-14,20H2. The smallest absolute Gasteiger partial charge is 0.0335 e. The predicted octanol–water partition coefficient (Wildman–Crippen LogP) is 3.53. The van der Waals surface area contributed by atoms with Crippen LogP contribution in [0.15, 0.2) is 30.3 Å². The first-order chi connectivity index (χ1) is 10.3. The molecular formula is C19H28N2. The maximum atomic E-state index is 6.29. The van der Waals surface area contributed by atoms with Crippen LogP contribution in [0, 0.1) is 5.92 Å². The van der Waals surface area contributed by atoms with Gasteiger partial charge in [-0.15, -0.1) is 0 Å². The molecule has 1 saturated heterocycles. The third-order valence-corrected chi connectivity index (χ3v) is 6.59. The molecule has 2 unspecified atom stereocenters. The van der Waals surface area contributed by atoms with Crippen LogP contribution in [0.3, 0.4) is 0 Å². The van der Waals surface area contributed by atoms with Crippen molar-refractivity contribution in [3.63, 3.8) is 0 Å². The molecule has 2 N–H and O–H groups in total. The van der Waals surface area contributed by atoms with E-state index in [0.29, 0.717) is 5.54 Å². The molecule has 2 atom stereocenters. The van der Waals surface area contributed by atoms with E-state index in [4.69, 9.17) is 5.73 Å². The Bertz CT molecular complexity index is 476. The SMILES string of the molecule is NCC1(N2CC3CCC2C3)CCC(c2ccccc2)CC1. The molecule has 3 fully saturated rings. The summed E-state index contributed by atoms with van der Waals surface area (Å²) < 4.78 is 0. The van der Waals surface area contributed by atoms with Crippen molar-refractivity contribution in [3.05, 3.63) is 35.9 Å². The van der Waals surface area contributed by atoms with Gasteiger partial charge < -0.3 is 5.73 Å². The quantitative estimate of drug-likeness (QED) is 0.920. The van der Waals surface area contributed by atoms with Gasteiger partial charge in [0.15, 0.2) is 0 Å². The molecule has 2 bridgehead atoms. The minimum absolute atomic E-state index is 0.325. The third-order valence-electron chi connectivity index (χ3n) is 6.59. The highest BCUT2D eigenvalue weighted by molar-refractivity contribution is 5.21. The van der Waals surface area contributed by atoms with Crippen molar-refractivity contribution < 1.29 is 0 Å². The highest BCUT2D eigenvalue weighted by Gasteiger charge is 2.48.